The fraction of sp³-hybridized carbons (Fsp3) is 0.778. The van der Waals surface area contributed by atoms with E-state index < -0.39 is 53.9 Å². The molecule has 0 amide bonds. The summed E-state index contributed by atoms with van der Waals surface area (Å²) in [5.74, 6) is -3.07. The molecule has 0 atom stereocenters. The van der Waals surface area contributed by atoms with Crippen LogP contribution in [0.1, 0.15) is 557 Å². The molecule has 2 aromatic rings. The smallest absolute Gasteiger partial charge is 0.744 e. The van der Waals surface area contributed by atoms with Crippen molar-refractivity contribution in [2.24, 2.45) is 0 Å². The Kier molecular flexibility index (Phi) is 89.5. The van der Waals surface area contributed by atoms with Crippen molar-refractivity contribution < 1.29 is 64.1 Å². The Labute approximate surface area is 798 Å². The van der Waals surface area contributed by atoms with Crippen LogP contribution in [0.5, 0.6) is 0 Å². The van der Waals surface area contributed by atoms with E-state index in [0.717, 1.165) is 114 Å². The van der Waals surface area contributed by atoms with E-state index in [0.29, 0.717) is 25.7 Å². The first-order valence-electron chi connectivity index (χ1n) is 52.1. The molecule has 0 N–H and O–H groups in total. The van der Waals surface area contributed by atoms with Gasteiger partial charge in [0, 0.05) is 0 Å². The van der Waals surface area contributed by atoms with Crippen LogP contribution >= 0.6 is 0 Å². The molecule has 0 spiro atoms. The zero-order chi connectivity index (χ0) is 90.1. The van der Waals surface area contributed by atoms with Crippen molar-refractivity contribution >= 4 is 81.9 Å². The summed E-state index contributed by atoms with van der Waals surface area (Å²) in [6, 6.07) is 6.33. The Morgan fingerprint density at radius 1 is 0.216 bits per heavy atom. The normalized spacial score (nSPS) is 11.8. The van der Waals surface area contributed by atoms with Gasteiger partial charge in [-0.1, -0.05) is 462 Å². The molecule has 0 heterocycles. The SMILES string of the molecule is CC/C=C/CCCCCCCCCCCCCCCCCCCOC(=O)c1ccc(S(=O)(=O)[O-])cc1C(=O)OCCCCCCCCCCCCCCCCCCC/C=C/CC.CC/C=C/CCCCCCCCCCCCCCCCCCCOC(=O)c1ccc(S(=O)(=O)[O-])cc1C(=O)OCCCCCCCCCCCCCCCCCCC/C=C/CC.[Ca+2]. The molecule has 0 saturated heterocycles. The van der Waals surface area contributed by atoms with Gasteiger partial charge in [-0.2, -0.15) is 0 Å². The number of unbranched alkanes of at least 4 members (excludes halogenated alkanes) is 68. The number of esters is 4. The molecular weight excluding hydrogens is 1630 g/mol. The predicted octanol–water partition coefficient (Wildman–Crippen LogP) is 33.4. The van der Waals surface area contributed by atoms with E-state index in [1.807, 2.05) is 0 Å². The standard InChI is InChI=1S/2C54H94O7S.Ca/c2*1-3-5-7-9-11-13-15-17-19-21-23-25-27-29-31-33-35-37-39-41-43-47-60-53(55)51-46-45-50(62(57,58)59)49-52(51)54(56)61-48-44-42-40-38-36-34-32-30-28-26-24-22-20-18-16-14-12-10-8-6-4-2;/h2*5-8,45-46,49H,3-4,9-44,47-48H2,1-2H3,(H,57,58,59);/q;;+2/p-2/b2*7-5+,8-6+;. The molecule has 0 radical (unpaired) electrons. The average molecular weight is 1810 g/mol. The number of ether oxygens (including phenoxy) is 4. The summed E-state index contributed by atoms with van der Waals surface area (Å²) in [4.78, 5) is 50.8. The van der Waals surface area contributed by atoms with Gasteiger partial charge < -0.3 is 28.1 Å². The van der Waals surface area contributed by atoms with Crippen molar-refractivity contribution in [1.29, 1.82) is 0 Å². The summed E-state index contributed by atoms with van der Waals surface area (Å²) in [5.41, 5.74) is -0.655. The molecule has 17 heteroatoms. The molecule has 2 rings (SSSR count). The first kappa shape index (κ1) is 121. The maximum atomic E-state index is 13.0. The summed E-state index contributed by atoms with van der Waals surface area (Å²) in [6.45, 7) is 9.51. The molecule has 0 aliphatic rings. The van der Waals surface area contributed by atoms with Crippen molar-refractivity contribution in [3.8, 4) is 0 Å². The van der Waals surface area contributed by atoms with E-state index >= 15 is 0 Å². The number of hydrogen-bond donors (Lipinski definition) is 0. The molecule has 0 saturated carbocycles. The summed E-state index contributed by atoms with van der Waals surface area (Å²) >= 11 is 0. The second-order valence-electron chi connectivity index (χ2n) is 35.6. The van der Waals surface area contributed by atoms with Gasteiger partial charge in [0.25, 0.3) is 0 Å². The van der Waals surface area contributed by atoms with Crippen molar-refractivity contribution in [3.05, 3.63) is 107 Å². The van der Waals surface area contributed by atoms with E-state index in [9.17, 15) is 45.1 Å². The van der Waals surface area contributed by atoms with E-state index in [-0.39, 0.29) is 86.4 Å². The van der Waals surface area contributed by atoms with Gasteiger partial charge in [0.1, 0.15) is 20.2 Å². The zero-order valence-electron chi connectivity index (χ0n) is 80.9. The summed E-state index contributed by atoms with van der Waals surface area (Å²) in [6.07, 6.45) is 113. The van der Waals surface area contributed by atoms with Gasteiger partial charge in [0.05, 0.1) is 58.5 Å². The van der Waals surface area contributed by atoms with Gasteiger partial charge >= 0.3 is 61.6 Å². The van der Waals surface area contributed by atoms with Crippen LogP contribution in [0.3, 0.4) is 0 Å². The van der Waals surface area contributed by atoms with Crippen LogP contribution in [-0.2, 0) is 39.2 Å². The number of rotatable bonds is 90. The molecule has 0 aliphatic carbocycles. The van der Waals surface area contributed by atoms with Gasteiger partial charge in [0.15, 0.2) is 0 Å². The maximum absolute atomic E-state index is 13.0. The number of carbonyl (C=O) groups excluding carboxylic acids is 4. The van der Waals surface area contributed by atoms with Crippen LogP contribution in [0.15, 0.2) is 94.8 Å². The third-order valence-electron chi connectivity index (χ3n) is 24.0. The van der Waals surface area contributed by atoms with E-state index in [2.05, 4.69) is 76.3 Å². The Morgan fingerprint density at radius 3 is 0.496 bits per heavy atom. The van der Waals surface area contributed by atoms with Crippen LogP contribution in [0, 0.1) is 0 Å². The third-order valence-corrected chi connectivity index (χ3v) is 25.7. The Bertz CT molecular complexity index is 2950. The zero-order valence-corrected chi connectivity index (χ0v) is 84.7. The number of carbonyl (C=O) groups is 4. The van der Waals surface area contributed by atoms with Gasteiger partial charge in [-0.25, -0.2) is 36.0 Å². The van der Waals surface area contributed by atoms with Crippen molar-refractivity contribution in [1.82, 2.24) is 0 Å². The Morgan fingerprint density at radius 2 is 0.352 bits per heavy atom. The molecule has 2 aromatic carbocycles. The molecule has 0 aliphatic heterocycles. The minimum Gasteiger partial charge on any atom is -0.744 e. The van der Waals surface area contributed by atoms with Crippen molar-refractivity contribution in [2.75, 3.05) is 26.4 Å². The predicted molar refractivity (Wildman–Crippen MR) is 526 cm³/mol. The molecule has 125 heavy (non-hydrogen) atoms. The van der Waals surface area contributed by atoms with Crippen LogP contribution in [-0.4, -0.2) is 114 Å². The topological polar surface area (TPSA) is 220 Å². The van der Waals surface area contributed by atoms with E-state index in [1.54, 1.807) is 0 Å². The van der Waals surface area contributed by atoms with Crippen molar-refractivity contribution in [3.63, 3.8) is 0 Å². The van der Waals surface area contributed by atoms with Crippen LogP contribution in [0.25, 0.3) is 0 Å². The summed E-state index contributed by atoms with van der Waals surface area (Å²) in [5, 5.41) is 0. The van der Waals surface area contributed by atoms with Crippen LogP contribution in [0.4, 0.5) is 0 Å². The first-order valence-corrected chi connectivity index (χ1v) is 54.9. The molecule has 14 nitrogen and oxygen atoms in total. The maximum Gasteiger partial charge on any atom is 2.00 e. The Balaban J connectivity index is 0.00000244. The molecule has 0 bridgehead atoms. The minimum atomic E-state index is -4.82. The number of benzene rings is 2. The average Bonchev–Trinajstić information content (AvgIpc) is 0.812. The minimum absolute atomic E-state index is 0. The van der Waals surface area contributed by atoms with Gasteiger partial charge in [-0.15, -0.1) is 0 Å². The monoisotopic (exact) mass is 1810 g/mol. The second kappa shape index (κ2) is 92.2. The van der Waals surface area contributed by atoms with Crippen LogP contribution in [0.2, 0.25) is 0 Å². The van der Waals surface area contributed by atoms with Gasteiger partial charge in [0.2, 0.25) is 0 Å². The number of allylic oxidation sites excluding steroid dienone is 8. The quantitative estimate of drug-likeness (QED) is 0.0150. The second-order valence-corrected chi connectivity index (χ2v) is 38.3. The summed E-state index contributed by atoms with van der Waals surface area (Å²) in [7, 11) is -9.64. The third kappa shape index (κ3) is 78.7. The van der Waals surface area contributed by atoms with Gasteiger partial charge in [-0.3, -0.25) is 0 Å². The fourth-order valence-corrected chi connectivity index (χ4v) is 17.2. The van der Waals surface area contributed by atoms with Crippen molar-refractivity contribution in [2.45, 2.75) is 525 Å². The van der Waals surface area contributed by atoms with E-state index in [4.69, 9.17) is 18.9 Å². The largest absolute Gasteiger partial charge is 2.00 e. The Hall–Kier alpha value is -3.64. The molecule has 0 fully saturated rings. The first-order chi connectivity index (χ1) is 60.6. The van der Waals surface area contributed by atoms with Gasteiger partial charge in [-0.05, 0) is 139 Å². The van der Waals surface area contributed by atoms with E-state index in [1.165, 1.54) is 385 Å². The molecule has 0 aromatic heterocycles. The van der Waals surface area contributed by atoms with Crippen LogP contribution < -0.4 is 0 Å². The fourth-order valence-electron chi connectivity index (χ4n) is 16.2. The number of hydrogen-bond acceptors (Lipinski definition) is 14. The summed E-state index contributed by atoms with van der Waals surface area (Å²) < 4.78 is 92.0. The molecule has 0 unspecified atom stereocenters. The molecular formula is C108H186CaO14S2. The molecule has 716 valence electrons.